The number of piperidine rings is 1. The summed E-state index contributed by atoms with van der Waals surface area (Å²) in [6.07, 6.45) is 2.54. The van der Waals surface area contributed by atoms with Crippen LogP contribution in [0, 0.1) is 5.92 Å². The Kier molecular flexibility index (Phi) is 7.11. The highest BCUT2D eigenvalue weighted by atomic mass is 32.1. The molecule has 0 radical (unpaired) electrons. The Morgan fingerprint density at radius 3 is 2.92 bits per heavy atom. The Morgan fingerprint density at radius 1 is 1.35 bits per heavy atom. The molecule has 1 aliphatic heterocycles. The van der Waals surface area contributed by atoms with Gasteiger partial charge in [0.1, 0.15) is 0 Å². The van der Waals surface area contributed by atoms with E-state index < -0.39 is 0 Å². The number of hydrogen-bond donors (Lipinski definition) is 2. The summed E-state index contributed by atoms with van der Waals surface area (Å²) in [5, 5.41) is 13.6. The number of likely N-dealkylation sites (tertiary alicyclic amines) is 1. The molecule has 0 saturated carbocycles. The molecule has 3 atom stereocenters. The van der Waals surface area contributed by atoms with Crippen molar-refractivity contribution in [1.82, 2.24) is 15.5 Å². The zero-order valence-electron chi connectivity index (χ0n) is 15.9. The maximum atomic E-state index is 4.42. The summed E-state index contributed by atoms with van der Waals surface area (Å²) in [6.45, 7) is 5.30. The molecular formula is C20H30N4S2. The van der Waals surface area contributed by atoms with E-state index in [0.29, 0.717) is 17.9 Å². The molecule has 2 aromatic rings. The Hall–Kier alpha value is -1.37. The zero-order valence-corrected chi connectivity index (χ0v) is 17.6. The number of nitrogens with one attached hydrogen (secondary N) is 2. The average Bonchev–Trinajstić information content (AvgIpc) is 3.35. The van der Waals surface area contributed by atoms with E-state index in [-0.39, 0.29) is 0 Å². The van der Waals surface area contributed by atoms with Crippen LogP contribution < -0.4 is 10.6 Å². The highest BCUT2D eigenvalue weighted by Crippen LogP contribution is 2.36. The highest BCUT2D eigenvalue weighted by molar-refractivity contribution is 7.10. The van der Waals surface area contributed by atoms with Gasteiger partial charge >= 0.3 is 0 Å². The minimum atomic E-state index is 0.486. The molecule has 0 aliphatic carbocycles. The van der Waals surface area contributed by atoms with Crippen molar-refractivity contribution >= 4 is 28.6 Å². The van der Waals surface area contributed by atoms with E-state index in [1.54, 1.807) is 11.3 Å². The van der Waals surface area contributed by atoms with E-state index in [0.717, 1.165) is 19.0 Å². The van der Waals surface area contributed by atoms with Gasteiger partial charge in [-0.05, 0) is 72.1 Å². The van der Waals surface area contributed by atoms with Gasteiger partial charge in [0.05, 0.1) is 0 Å². The smallest absolute Gasteiger partial charge is 0.191 e. The van der Waals surface area contributed by atoms with Crippen molar-refractivity contribution in [2.75, 3.05) is 33.7 Å². The van der Waals surface area contributed by atoms with E-state index in [4.69, 9.17) is 0 Å². The third kappa shape index (κ3) is 4.87. The van der Waals surface area contributed by atoms with E-state index in [9.17, 15) is 0 Å². The predicted molar refractivity (Wildman–Crippen MR) is 115 cm³/mol. The molecule has 3 rings (SSSR count). The van der Waals surface area contributed by atoms with Crippen molar-refractivity contribution in [3.63, 3.8) is 0 Å². The molecule has 1 aliphatic rings. The van der Waals surface area contributed by atoms with E-state index >= 15 is 0 Å². The molecule has 2 aromatic heterocycles. The Labute approximate surface area is 165 Å². The lowest BCUT2D eigenvalue weighted by Gasteiger charge is -2.39. The number of hydrogen-bond acceptors (Lipinski definition) is 4. The van der Waals surface area contributed by atoms with Crippen molar-refractivity contribution in [2.24, 2.45) is 10.9 Å². The summed E-state index contributed by atoms with van der Waals surface area (Å²) in [6, 6.07) is 7.16. The van der Waals surface area contributed by atoms with Crippen molar-refractivity contribution in [1.29, 1.82) is 0 Å². The van der Waals surface area contributed by atoms with Crippen LogP contribution in [-0.2, 0) is 0 Å². The Bertz CT molecular complexity index is 666. The van der Waals surface area contributed by atoms with Crippen molar-refractivity contribution in [2.45, 2.75) is 31.7 Å². The van der Waals surface area contributed by atoms with Gasteiger partial charge in [0.15, 0.2) is 5.96 Å². The number of nitrogens with zero attached hydrogens (tertiary/aromatic N) is 2. The van der Waals surface area contributed by atoms with E-state index in [2.05, 4.69) is 68.8 Å². The molecule has 4 nitrogen and oxygen atoms in total. The lowest BCUT2D eigenvalue weighted by atomic mass is 9.88. The van der Waals surface area contributed by atoms with Gasteiger partial charge in [-0.25, -0.2) is 0 Å². The lowest BCUT2D eigenvalue weighted by Crippen LogP contribution is -2.45. The van der Waals surface area contributed by atoms with Crippen molar-refractivity contribution < 1.29 is 0 Å². The van der Waals surface area contributed by atoms with Crippen LogP contribution in [-0.4, -0.2) is 44.6 Å². The third-order valence-electron chi connectivity index (χ3n) is 5.29. The van der Waals surface area contributed by atoms with Gasteiger partial charge in [-0.2, -0.15) is 11.3 Å². The fourth-order valence-electron chi connectivity index (χ4n) is 3.75. The minimum Gasteiger partial charge on any atom is -0.356 e. The average molecular weight is 391 g/mol. The van der Waals surface area contributed by atoms with Gasteiger partial charge in [-0.3, -0.25) is 9.89 Å². The fraction of sp³-hybridized carbons (Fsp3) is 0.550. The Balaban J connectivity index is 1.53. The lowest BCUT2D eigenvalue weighted by molar-refractivity contribution is 0.125. The van der Waals surface area contributed by atoms with Crippen LogP contribution in [0.4, 0.5) is 0 Å². The SMILES string of the molecule is CN=C(NCC(C)c1ccsc1)NCC1CCCN(C)C1c1cccs1. The first-order valence-corrected chi connectivity index (χ1v) is 11.2. The molecule has 0 spiro atoms. The predicted octanol–water partition coefficient (Wildman–Crippen LogP) is 4.16. The number of guanidine groups is 1. The van der Waals surface area contributed by atoms with Crippen LogP contribution in [0.5, 0.6) is 0 Å². The molecule has 0 aromatic carbocycles. The second-order valence-corrected chi connectivity index (χ2v) is 8.89. The van der Waals surface area contributed by atoms with Gasteiger partial charge < -0.3 is 10.6 Å². The van der Waals surface area contributed by atoms with E-state index in [1.165, 1.54) is 29.8 Å². The first-order chi connectivity index (χ1) is 12.7. The summed E-state index contributed by atoms with van der Waals surface area (Å²) in [4.78, 5) is 8.41. The second kappa shape index (κ2) is 9.53. The second-order valence-electron chi connectivity index (χ2n) is 7.13. The molecule has 1 fully saturated rings. The third-order valence-corrected chi connectivity index (χ3v) is 6.93. The van der Waals surface area contributed by atoms with Crippen LogP contribution in [0.1, 0.15) is 42.2 Å². The standard InChI is InChI=1S/C20H30N4S2/c1-15(17-8-11-25-14-17)12-22-20(21-2)23-13-16-6-4-9-24(3)19(16)18-7-5-10-26-18/h5,7-8,10-11,14-16,19H,4,6,9,12-13H2,1-3H3,(H2,21,22,23). The normalized spacial score (nSPS) is 23.0. The van der Waals surface area contributed by atoms with Crippen LogP contribution in [0.15, 0.2) is 39.3 Å². The summed E-state index contributed by atoms with van der Waals surface area (Å²) in [7, 11) is 4.11. The van der Waals surface area contributed by atoms with Crippen LogP contribution in [0.3, 0.4) is 0 Å². The monoisotopic (exact) mass is 390 g/mol. The summed E-state index contributed by atoms with van der Waals surface area (Å²) < 4.78 is 0. The molecule has 26 heavy (non-hydrogen) atoms. The summed E-state index contributed by atoms with van der Waals surface area (Å²) in [5.74, 6) is 2.00. The van der Waals surface area contributed by atoms with Gasteiger partial charge in [0.2, 0.25) is 0 Å². The minimum absolute atomic E-state index is 0.486. The topological polar surface area (TPSA) is 39.7 Å². The number of thiophene rings is 2. The molecule has 2 N–H and O–H groups in total. The highest BCUT2D eigenvalue weighted by Gasteiger charge is 2.31. The number of rotatable bonds is 6. The fourth-order valence-corrected chi connectivity index (χ4v) is 5.52. The molecule has 3 unspecified atom stereocenters. The van der Waals surface area contributed by atoms with Gasteiger partial charge in [0, 0.05) is 31.1 Å². The largest absolute Gasteiger partial charge is 0.356 e. The molecule has 1 saturated heterocycles. The van der Waals surface area contributed by atoms with Crippen LogP contribution in [0.25, 0.3) is 0 Å². The summed E-state index contributed by atoms with van der Waals surface area (Å²) >= 11 is 3.63. The maximum absolute atomic E-state index is 4.42. The van der Waals surface area contributed by atoms with Gasteiger partial charge in [-0.1, -0.05) is 13.0 Å². The van der Waals surface area contributed by atoms with Gasteiger partial charge in [-0.15, -0.1) is 11.3 Å². The molecule has 3 heterocycles. The number of aliphatic imine (C=N–C) groups is 1. The van der Waals surface area contributed by atoms with Crippen LogP contribution in [0.2, 0.25) is 0 Å². The van der Waals surface area contributed by atoms with Crippen molar-refractivity contribution in [3.05, 3.63) is 44.8 Å². The molecule has 142 valence electrons. The van der Waals surface area contributed by atoms with Crippen molar-refractivity contribution in [3.8, 4) is 0 Å². The zero-order chi connectivity index (χ0) is 18.4. The quantitative estimate of drug-likeness (QED) is 0.575. The molecular weight excluding hydrogens is 360 g/mol. The maximum Gasteiger partial charge on any atom is 0.191 e. The first-order valence-electron chi connectivity index (χ1n) is 9.39. The molecule has 0 amide bonds. The van der Waals surface area contributed by atoms with Crippen LogP contribution >= 0.6 is 22.7 Å². The van der Waals surface area contributed by atoms with Gasteiger partial charge in [0.25, 0.3) is 0 Å². The first kappa shape index (κ1) is 19.4. The Morgan fingerprint density at radius 2 is 2.23 bits per heavy atom. The molecule has 6 heteroatoms. The van der Waals surface area contributed by atoms with E-state index in [1.807, 2.05) is 18.4 Å². The molecule has 0 bridgehead atoms. The summed E-state index contributed by atoms with van der Waals surface area (Å²) in [5.41, 5.74) is 1.39.